The van der Waals surface area contributed by atoms with Gasteiger partial charge >= 0.3 is 0 Å². The van der Waals surface area contributed by atoms with Crippen molar-refractivity contribution in [1.82, 2.24) is 0 Å². The average molecular weight is 264 g/mol. The van der Waals surface area contributed by atoms with E-state index in [4.69, 9.17) is 16.2 Å². The first-order valence-electron chi connectivity index (χ1n) is 7.04. The first-order valence-corrected chi connectivity index (χ1v) is 7.04. The number of rotatable bonds is 5. The smallest absolute Gasteiger partial charge is 0.127 e. The Morgan fingerprint density at radius 2 is 1.89 bits per heavy atom. The standard InChI is InChI=1S/C16H28N2O/c1-6-7-19-15-11(2)8-12(16(3,4)5)9-13(15)14(18)10-17/h8-9,14H,6-7,10,17-18H2,1-5H3. The monoisotopic (exact) mass is 264 g/mol. The van der Waals surface area contributed by atoms with Crippen molar-refractivity contribution in [3.05, 3.63) is 28.8 Å². The van der Waals surface area contributed by atoms with Crippen molar-refractivity contribution in [1.29, 1.82) is 0 Å². The molecule has 0 saturated carbocycles. The van der Waals surface area contributed by atoms with Gasteiger partial charge < -0.3 is 16.2 Å². The van der Waals surface area contributed by atoms with E-state index < -0.39 is 0 Å². The topological polar surface area (TPSA) is 61.3 Å². The van der Waals surface area contributed by atoms with Gasteiger partial charge in [-0.05, 0) is 36.0 Å². The Labute approximate surface area is 117 Å². The number of hydrogen-bond acceptors (Lipinski definition) is 3. The van der Waals surface area contributed by atoms with Gasteiger partial charge in [0.15, 0.2) is 0 Å². The van der Waals surface area contributed by atoms with E-state index in [1.165, 1.54) is 5.56 Å². The Morgan fingerprint density at radius 1 is 1.26 bits per heavy atom. The van der Waals surface area contributed by atoms with Crippen molar-refractivity contribution in [3.63, 3.8) is 0 Å². The van der Waals surface area contributed by atoms with Gasteiger partial charge in [0.25, 0.3) is 0 Å². The summed E-state index contributed by atoms with van der Waals surface area (Å²) in [6.07, 6.45) is 0.984. The molecule has 1 unspecified atom stereocenters. The lowest BCUT2D eigenvalue weighted by Crippen LogP contribution is -2.23. The van der Waals surface area contributed by atoms with Gasteiger partial charge in [-0.2, -0.15) is 0 Å². The van der Waals surface area contributed by atoms with Crippen molar-refractivity contribution >= 4 is 0 Å². The number of benzene rings is 1. The normalized spacial score (nSPS) is 13.4. The number of hydrogen-bond donors (Lipinski definition) is 2. The molecular weight excluding hydrogens is 236 g/mol. The van der Waals surface area contributed by atoms with E-state index in [2.05, 4.69) is 46.8 Å². The maximum atomic E-state index is 6.14. The summed E-state index contributed by atoms with van der Waals surface area (Å²) < 4.78 is 5.87. The van der Waals surface area contributed by atoms with Crippen LogP contribution in [0, 0.1) is 6.92 Å². The zero-order valence-corrected chi connectivity index (χ0v) is 12.9. The maximum absolute atomic E-state index is 6.14. The highest BCUT2D eigenvalue weighted by Gasteiger charge is 2.20. The number of ether oxygens (including phenoxy) is 1. The highest BCUT2D eigenvalue weighted by atomic mass is 16.5. The summed E-state index contributed by atoms with van der Waals surface area (Å²) in [6.45, 7) is 11.9. The Bertz CT molecular complexity index is 421. The molecule has 3 nitrogen and oxygen atoms in total. The number of nitrogens with two attached hydrogens (primary N) is 2. The van der Waals surface area contributed by atoms with E-state index in [1.807, 2.05) is 0 Å². The summed E-state index contributed by atoms with van der Waals surface area (Å²) in [5.74, 6) is 0.910. The molecule has 1 rings (SSSR count). The second-order valence-electron chi connectivity index (χ2n) is 6.15. The van der Waals surface area contributed by atoms with Crippen molar-refractivity contribution in [2.75, 3.05) is 13.2 Å². The second-order valence-corrected chi connectivity index (χ2v) is 6.15. The van der Waals surface area contributed by atoms with Crippen LogP contribution in [0.15, 0.2) is 12.1 Å². The summed E-state index contributed by atoms with van der Waals surface area (Å²) in [7, 11) is 0. The molecule has 1 aromatic carbocycles. The summed E-state index contributed by atoms with van der Waals surface area (Å²) in [5, 5.41) is 0. The molecule has 0 aliphatic rings. The quantitative estimate of drug-likeness (QED) is 0.859. The van der Waals surface area contributed by atoms with Crippen molar-refractivity contribution in [2.24, 2.45) is 11.5 Å². The molecule has 0 radical (unpaired) electrons. The van der Waals surface area contributed by atoms with Crippen LogP contribution in [0.4, 0.5) is 0 Å². The van der Waals surface area contributed by atoms with Crippen LogP contribution in [-0.2, 0) is 5.41 Å². The molecule has 4 N–H and O–H groups in total. The van der Waals surface area contributed by atoms with Gasteiger partial charge in [0, 0.05) is 18.2 Å². The van der Waals surface area contributed by atoms with Crippen LogP contribution in [0.3, 0.4) is 0 Å². The van der Waals surface area contributed by atoms with Gasteiger partial charge in [-0.1, -0.05) is 33.8 Å². The Kier molecular flexibility index (Phi) is 5.39. The molecule has 0 fully saturated rings. The summed E-state index contributed by atoms with van der Waals surface area (Å²) in [5.41, 5.74) is 15.4. The molecule has 0 heterocycles. The van der Waals surface area contributed by atoms with Crippen LogP contribution >= 0.6 is 0 Å². The van der Waals surface area contributed by atoms with Crippen molar-refractivity contribution in [3.8, 4) is 5.75 Å². The van der Waals surface area contributed by atoms with Gasteiger partial charge in [-0.25, -0.2) is 0 Å². The average Bonchev–Trinajstić information content (AvgIpc) is 2.34. The van der Waals surface area contributed by atoms with Crippen molar-refractivity contribution in [2.45, 2.75) is 52.5 Å². The minimum Gasteiger partial charge on any atom is -0.493 e. The van der Waals surface area contributed by atoms with Crippen LogP contribution in [0.1, 0.15) is 56.8 Å². The molecule has 0 amide bonds. The fourth-order valence-electron chi connectivity index (χ4n) is 2.04. The predicted octanol–water partition coefficient (Wildman–Crippen LogP) is 3.04. The fourth-order valence-corrected chi connectivity index (χ4v) is 2.04. The van der Waals surface area contributed by atoms with E-state index in [9.17, 15) is 0 Å². The largest absolute Gasteiger partial charge is 0.493 e. The summed E-state index contributed by atoms with van der Waals surface area (Å²) in [4.78, 5) is 0. The lowest BCUT2D eigenvalue weighted by molar-refractivity contribution is 0.310. The van der Waals surface area contributed by atoms with Gasteiger partial charge in [-0.3, -0.25) is 0 Å². The first kappa shape index (κ1) is 16.0. The lowest BCUT2D eigenvalue weighted by Gasteiger charge is -2.25. The van der Waals surface area contributed by atoms with Crippen LogP contribution in [-0.4, -0.2) is 13.2 Å². The molecule has 108 valence electrons. The van der Waals surface area contributed by atoms with E-state index in [1.54, 1.807) is 0 Å². The molecule has 0 saturated heterocycles. The van der Waals surface area contributed by atoms with Crippen LogP contribution in [0.25, 0.3) is 0 Å². The van der Waals surface area contributed by atoms with Gasteiger partial charge in [-0.15, -0.1) is 0 Å². The van der Waals surface area contributed by atoms with Crippen LogP contribution in [0.5, 0.6) is 5.75 Å². The SMILES string of the molecule is CCCOc1c(C)cc(C(C)(C)C)cc1C(N)CN. The molecule has 1 atom stereocenters. The molecule has 0 bridgehead atoms. The van der Waals surface area contributed by atoms with E-state index >= 15 is 0 Å². The zero-order valence-electron chi connectivity index (χ0n) is 12.9. The van der Waals surface area contributed by atoms with E-state index in [0.29, 0.717) is 13.2 Å². The Balaban J connectivity index is 3.30. The first-order chi connectivity index (χ1) is 8.81. The van der Waals surface area contributed by atoms with Crippen LogP contribution < -0.4 is 16.2 Å². The highest BCUT2D eigenvalue weighted by molar-refractivity contribution is 5.47. The van der Waals surface area contributed by atoms with Crippen molar-refractivity contribution < 1.29 is 4.74 Å². The minimum atomic E-state index is -0.173. The van der Waals surface area contributed by atoms with Gasteiger partial charge in [0.1, 0.15) is 5.75 Å². The third-order valence-corrected chi connectivity index (χ3v) is 3.27. The van der Waals surface area contributed by atoms with Gasteiger partial charge in [0.05, 0.1) is 6.61 Å². The molecule has 0 aromatic heterocycles. The van der Waals surface area contributed by atoms with Crippen LogP contribution in [0.2, 0.25) is 0 Å². The highest BCUT2D eigenvalue weighted by Crippen LogP contribution is 2.34. The molecule has 19 heavy (non-hydrogen) atoms. The fraction of sp³-hybridized carbons (Fsp3) is 0.625. The molecule has 1 aromatic rings. The number of aryl methyl sites for hydroxylation is 1. The van der Waals surface area contributed by atoms with E-state index in [-0.39, 0.29) is 11.5 Å². The molecule has 3 heteroatoms. The maximum Gasteiger partial charge on any atom is 0.127 e. The third-order valence-electron chi connectivity index (χ3n) is 3.27. The lowest BCUT2D eigenvalue weighted by atomic mass is 9.84. The summed E-state index contributed by atoms with van der Waals surface area (Å²) >= 11 is 0. The third kappa shape index (κ3) is 3.95. The van der Waals surface area contributed by atoms with E-state index in [0.717, 1.165) is 23.3 Å². The summed E-state index contributed by atoms with van der Waals surface area (Å²) in [6, 6.07) is 4.17. The molecule has 0 aliphatic heterocycles. The zero-order chi connectivity index (χ0) is 14.6. The second kappa shape index (κ2) is 6.40. The Morgan fingerprint density at radius 3 is 2.37 bits per heavy atom. The minimum absolute atomic E-state index is 0.0944. The van der Waals surface area contributed by atoms with Gasteiger partial charge in [0.2, 0.25) is 0 Å². The predicted molar refractivity (Wildman–Crippen MR) is 81.6 cm³/mol. The Hall–Kier alpha value is -1.06. The molecule has 0 aliphatic carbocycles. The molecule has 0 spiro atoms. The molecular formula is C16H28N2O.